The van der Waals surface area contributed by atoms with Crippen LogP contribution in [0.4, 0.5) is 5.82 Å². The summed E-state index contributed by atoms with van der Waals surface area (Å²) in [4.78, 5) is 2.10. The van der Waals surface area contributed by atoms with Gasteiger partial charge in [0.05, 0.1) is 5.69 Å². The highest BCUT2D eigenvalue weighted by atomic mass is 15.3. The van der Waals surface area contributed by atoms with Gasteiger partial charge in [0.15, 0.2) is 5.82 Å². The first-order valence-electron chi connectivity index (χ1n) is 5.24. The average Bonchev–Trinajstić information content (AvgIpc) is 2.20. The number of aryl methyl sites for hydroxylation is 1. The molecule has 1 heterocycles. The Morgan fingerprint density at radius 2 is 1.87 bits per heavy atom. The molecule has 0 saturated carbocycles. The molecule has 0 amide bonds. The highest BCUT2D eigenvalue weighted by Gasteiger charge is 2.15. The predicted octanol–water partition coefficient (Wildman–Crippen LogP) is 1.40. The number of aromatic nitrogens is 2. The van der Waals surface area contributed by atoms with Crippen molar-refractivity contribution in [2.75, 3.05) is 11.9 Å². The topological polar surface area (TPSA) is 55.0 Å². The first kappa shape index (κ1) is 11.9. The summed E-state index contributed by atoms with van der Waals surface area (Å²) in [5, 5.41) is 8.37. The van der Waals surface area contributed by atoms with E-state index in [4.69, 9.17) is 5.73 Å². The summed E-state index contributed by atoms with van der Waals surface area (Å²) in [7, 11) is 2.02. The molecule has 1 rings (SSSR count). The first-order chi connectivity index (χ1) is 6.99. The van der Waals surface area contributed by atoms with Crippen LogP contribution in [0.5, 0.6) is 0 Å². The van der Waals surface area contributed by atoms with Gasteiger partial charge in [-0.05, 0) is 33.3 Å². The zero-order chi connectivity index (χ0) is 11.6. The van der Waals surface area contributed by atoms with E-state index in [-0.39, 0.29) is 0 Å². The standard InChI is InChI=1S/C11H20N4/c1-7(2)15(5)11-10(6-12)8(3)9(4)13-14-11/h7H,6,12H2,1-5H3. The van der Waals surface area contributed by atoms with E-state index in [0.717, 1.165) is 22.6 Å². The molecule has 1 aromatic rings. The second-order valence-corrected chi connectivity index (χ2v) is 4.12. The van der Waals surface area contributed by atoms with Gasteiger partial charge in [-0.25, -0.2) is 0 Å². The third kappa shape index (κ3) is 2.26. The van der Waals surface area contributed by atoms with Gasteiger partial charge in [-0.15, -0.1) is 5.10 Å². The first-order valence-corrected chi connectivity index (χ1v) is 5.24. The lowest BCUT2D eigenvalue weighted by molar-refractivity contribution is 0.721. The molecule has 0 aliphatic carbocycles. The quantitative estimate of drug-likeness (QED) is 0.815. The van der Waals surface area contributed by atoms with Gasteiger partial charge < -0.3 is 10.6 Å². The van der Waals surface area contributed by atoms with E-state index in [2.05, 4.69) is 28.9 Å². The van der Waals surface area contributed by atoms with Crippen LogP contribution in [0.15, 0.2) is 0 Å². The van der Waals surface area contributed by atoms with Crippen LogP contribution in [0.2, 0.25) is 0 Å². The summed E-state index contributed by atoms with van der Waals surface area (Å²) in [5.41, 5.74) is 8.96. The van der Waals surface area contributed by atoms with E-state index in [9.17, 15) is 0 Å². The number of nitrogens with two attached hydrogens (primary N) is 1. The SMILES string of the molecule is Cc1nnc(N(C)C(C)C)c(CN)c1C. The lowest BCUT2D eigenvalue weighted by Gasteiger charge is -2.25. The number of rotatable bonds is 3. The molecular formula is C11H20N4. The Kier molecular flexibility index (Phi) is 3.63. The van der Waals surface area contributed by atoms with Crippen LogP contribution < -0.4 is 10.6 Å². The van der Waals surface area contributed by atoms with Gasteiger partial charge in [-0.2, -0.15) is 5.10 Å². The van der Waals surface area contributed by atoms with Crippen LogP contribution in [0.3, 0.4) is 0 Å². The summed E-state index contributed by atoms with van der Waals surface area (Å²) in [6.07, 6.45) is 0. The third-order valence-electron chi connectivity index (χ3n) is 2.87. The molecule has 0 spiro atoms. The zero-order valence-electron chi connectivity index (χ0n) is 10.2. The number of nitrogens with zero attached hydrogens (tertiary/aromatic N) is 3. The summed E-state index contributed by atoms with van der Waals surface area (Å²) in [6, 6.07) is 0.395. The van der Waals surface area contributed by atoms with E-state index in [1.165, 1.54) is 0 Å². The second-order valence-electron chi connectivity index (χ2n) is 4.12. The van der Waals surface area contributed by atoms with Crippen molar-refractivity contribution in [2.45, 2.75) is 40.3 Å². The van der Waals surface area contributed by atoms with Gasteiger partial charge >= 0.3 is 0 Å². The molecule has 4 heteroatoms. The van der Waals surface area contributed by atoms with Crippen LogP contribution in [0, 0.1) is 13.8 Å². The molecule has 0 bridgehead atoms. The van der Waals surface area contributed by atoms with Gasteiger partial charge in [-0.1, -0.05) is 0 Å². The Balaban J connectivity index is 3.24. The minimum Gasteiger partial charge on any atom is -0.355 e. The van der Waals surface area contributed by atoms with Crippen molar-refractivity contribution in [2.24, 2.45) is 5.73 Å². The minimum absolute atomic E-state index is 0.395. The number of anilines is 1. The normalized spacial score (nSPS) is 10.9. The average molecular weight is 208 g/mol. The van der Waals surface area contributed by atoms with E-state index in [0.29, 0.717) is 12.6 Å². The van der Waals surface area contributed by atoms with Gasteiger partial charge in [-0.3, -0.25) is 0 Å². The van der Waals surface area contributed by atoms with Gasteiger partial charge in [0.25, 0.3) is 0 Å². The summed E-state index contributed by atoms with van der Waals surface area (Å²) >= 11 is 0. The molecule has 0 atom stereocenters. The predicted molar refractivity (Wildman–Crippen MR) is 62.9 cm³/mol. The minimum atomic E-state index is 0.395. The lowest BCUT2D eigenvalue weighted by atomic mass is 10.1. The fourth-order valence-electron chi connectivity index (χ4n) is 1.42. The van der Waals surface area contributed by atoms with E-state index < -0.39 is 0 Å². The molecule has 0 aromatic carbocycles. The van der Waals surface area contributed by atoms with Crippen LogP contribution in [0.25, 0.3) is 0 Å². The molecular weight excluding hydrogens is 188 g/mol. The number of hydrogen-bond donors (Lipinski definition) is 1. The Hall–Kier alpha value is -1.16. The lowest BCUT2D eigenvalue weighted by Crippen LogP contribution is -2.29. The van der Waals surface area contributed by atoms with E-state index in [1.807, 2.05) is 20.9 Å². The summed E-state index contributed by atoms with van der Waals surface area (Å²) in [5.74, 6) is 0.899. The van der Waals surface area contributed by atoms with Gasteiger partial charge in [0.1, 0.15) is 0 Å². The monoisotopic (exact) mass is 208 g/mol. The number of hydrogen-bond acceptors (Lipinski definition) is 4. The van der Waals surface area contributed by atoms with Crippen LogP contribution in [0.1, 0.15) is 30.7 Å². The molecule has 0 unspecified atom stereocenters. The molecule has 2 N–H and O–H groups in total. The molecule has 84 valence electrons. The van der Waals surface area contributed by atoms with Crippen molar-refractivity contribution in [3.05, 3.63) is 16.8 Å². The Bertz CT molecular complexity index is 347. The fraction of sp³-hybridized carbons (Fsp3) is 0.636. The van der Waals surface area contributed by atoms with Crippen molar-refractivity contribution in [3.63, 3.8) is 0 Å². The molecule has 0 saturated heterocycles. The van der Waals surface area contributed by atoms with Gasteiger partial charge in [0.2, 0.25) is 0 Å². The van der Waals surface area contributed by atoms with E-state index in [1.54, 1.807) is 0 Å². The Morgan fingerprint density at radius 1 is 1.27 bits per heavy atom. The molecule has 0 radical (unpaired) electrons. The van der Waals surface area contributed by atoms with Gasteiger partial charge in [0, 0.05) is 25.2 Å². The molecule has 0 aliphatic rings. The smallest absolute Gasteiger partial charge is 0.156 e. The van der Waals surface area contributed by atoms with Crippen molar-refractivity contribution in [1.82, 2.24) is 10.2 Å². The molecule has 0 fully saturated rings. The highest BCUT2D eigenvalue weighted by Crippen LogP contribution is 2.21. The second kappa shape index (κ2) is 4.57. The molecule has 0 aliphatic heterocycles. The van der Waals surface area contributed by atoms with Crippen LogP contribution in [-0.2, 0) is 6.54 Å². The summed E-state index contributed by atoms with van der Waals surface area (Å²) < 4.78 is 0. The molecule has 4 nitrogen and oxygen atoms in total. The third-order valence-corrected chi connectivity index (χ3v) is 2.87. The maximum absolute atomic E-state index is 5.76. The van der Waals surface area contributed by atoms with Crippen LogP contribution >= 0.6 is 0 Å². The van der Waals surface area contributed by atoms with Crippen molar-refractivity contribution in [3.8, 4) is 0 Å². The fourth-order valence-corrected chi connectivity index (χ4v) is 1.42. The maximum atomic E-state index is 5.76. The van der Waals surface area contributed by atoms with Crippen molar-refractivity contribution in [1.29, 1.82) is 0 Å². The Labute approximate surface area is 91.5 Å². The largest absolute Gasteiger partial charge is 0.355 e. The maximum Gasteiger partial charge on any atom is 0.156 e. The Morgan fingerprint density at radius 3 is 2.33 bits per heavy atom. The van der Waals surface area contributed by atoms with Crippen LogP contribution in [-0.4, -0.2) is 23.3 Å². The van der Waals surface area contributed by atoms with Crippen molar-refractivity contribution < 1.29 is 0 Å². The van der Waals surface area contributed by atoms with Crippen molar-refractivity contribution >= 4 is 5.82 Å². The zero-order valence-corrected chi connectivity index (χ0v) is 10.2. The molecule has 1 aromatic heterocycles. The highest BCUT2D eigenvalue weighted by molar-refractivity contribution is 5.50. The molecule has 15 heavy (non-hydrogen) atoms. The summed E-state index contributed by atoms with van der Waals surface area (Å²) in [6.45, 7) is 8.76. The van der Waals surface area contributed by atoms with E-state index >= 15 is 0 Å².